The zero-order valence-corrected chi connectivity index (χ0v) is 11.2. The molecule has 2 aromatic rings. The second-order valence-electron chi connectivity index (χ2n) is 4.74. The fourth-order valence-electron chi connectivity index (χ4n) is 2.41. The van der Waals surface area contributed by atoms with E-state index >= 15 is 0 Å². The highest BCUT2D eigenvalue weighted by atomic mass is 35.5. The maximum absolute atomic E-state index is 12.4. The van der Waals surface area contributed by atoms with Gasteiger partial charge in [-0.05, 0) is 48.7 Å². The van der Waals surface area contributed by atoms with Crippen LogP contribution in [0.5, 0.6) is 0 Å². The Labute approximate surface area is 117 Å². The van der Waals surface area contributed by atoms with Gasteiger partial charge in [0, 0.05) is 28.4 Å². The van der Waals surface area contributed by atoms with Gasteiger partial charge in [0.05, 0.1) is 0 Å². The molecule has 3 rings (SSSR count). The fourth-order valence-corrected chi connectivity index (χ4v) is 2.60. The molecular formula is C16H14ClNO. The number of hydrogen-bond donors (Lipinski definition) is 1. The van der Waals surface area contributed by atoms with Crippen molar-refractivity contribution in [2.75, 3.05) is 11.9 Å². The first-order valence-electron chi connectivity index (χ1n) is 6.41. The molecule has 0 unspecified atom stereocenters. The van der Waals surface area contributed by atoms with E-state index in [0.29, 0.717) is 10.6 Å². The molecule has 0 saturated carbocycles. The minimum Gasteiger partial charge on any atom is -0.385 e. The van der Waals surface area contributed by atoms with Gasteiger partial charge in [0.15, 0.2) is 5.78 Å². The molecule has 0 radical (unpaired) electrons. The van der Waals surface area contributed by atoms with Crippen LogP contribution in [0, 0.1) is 0 Å². The average molecular weight is 272 g/mol. The Balaban J connectivity index is 1.96. The first-order valence-corrected chi connectivity index (χ1v) is 6.79. The van der Waals surface area contributed by atoms with Crippen LogP contribution in [0.3, 0.4) is 0 Å². The molecule has 0 saturated heterocycles. The minimum atomic E-state index is 0.0240. The molecule has 96 valence electrons. The van der Waals surface area contributed by atoms with E-state index in [-0.39, 0.29) is 5.78 Å². The smallest absolute Gasteiger partial charge is 0.193 e. The molecule has 1 heterocycles. The molecule has 0 spiro atoms. The predicted molar refractivity (Wildman–Crippen MR) is 78.1 cm³/mol. The van der Waals surface area contributed by atoms with Crippen molar-refractivity contribution in [3.05, 3.63) is 64.2 Å². The summed E-state index contributed by atoms with van der Waals surface area (Å²) in [5.41, 5.74) is 3.73. The third-order valence-corrected chi connectivity index (χ3v) is 3.63. The molecule has 0 fully saturated rings. The molecule has 2 nitrogen and oxygen atoms in total. The van der Waals surface area contributed by atoms with Gasteiger partial charge < -0.3 is 5.32 Å². The molecule has 1 aliphatic rings. The Morgan fingerprint density at radius 1 is 1.11 bits per heavy atom. The van der Waals surface area contributed by atoms with Crippen LogP contribution in [-0.4, -0.2) is 12.3 Å². The Bertz CT molecular complexity index is 636. The highest BCUT2D eigenvalue weighted by molar-refractivity contribution is 6.31. The summed E-state index contributed by atoms with van der Waals surface area (Å²) in [5, 5.41) is 3.93. The van der Waals surface area contributed by atoms with Crippen LogP contribution < -0.4 is 5.32 Å². The number of halogens is 1. The lowest BCUT2D eigenvalue weighted by Crippen LogP contribution is -2.12. The molecule has 2 aromatic carbocycles. The van der Waals surface area contributed by atoms with Gasteiger partial charge in [-0.15, -0.1) is 0 Å². The number of carbonyl (C=O) groups is 1. The zero-order chi connectivity index (χ0) is 13.2. The number of rotatable bonds is 2. The third-order valence-electron chi connectivity index (χ3n) is 3.39. The number of aryl methyl sites for hydroxylation is 1. The van der Waals surface area contributed by atoms with Crippen molar-refractivity contribution in [3.8, 4) is 0 Å². The van der Waals surface area contributed by atoms with Crippen LogP contribution in [0.4, 0.5) is 5.69 Å². The lowest BCUT2D eigenvalue weighted by Gasteiger charge is -2.18. The lowest BCUT2D eigenvalue weighted by molar-refractivity contribution is 0.103. The van der Waals surface area contributed by atoms with Crippen molar-refractivity contribution in [1.29, 1.82) is 0 Å². The molecule has 0 amide bonds. The van der Waals surface area contributed by atoms with Gasteiger partial charge in [0.25, 0.3) is 0 Å². The Kier molecular flexibility index (Phi) is 3.26. The number of benzene rings is 2. The van der Waals surface area contributed by atoms with E-state index in [9.17, 15) is 4.79 Å². The summed E-state index contributed by atoms with van der Waals surface area (Å²) in [6, 6.07) is 12.9. The molecule has 3 heteroatoms. The first-order chi connectivity index (χ1) is 9.24. The number of carbonyl (C=O) groups excluding carboxylic acids is 1. The highest BCUT2D eigenvalue weighted by Gasteiger charge is 2.14. The molecule has 0 aliphatic carbocycles. The molecule has 19 heavy (non-hydrogen) atoms. The monoisotopic (exact) mass is 271 g/mol. The SMILES string of the molecule is O=C(c1cccc(Cl)c1)c1ccc2c(c1)CCCN2. The summed E-state index contributed by atoms with van der Waals surface area (Å²) in [7, 11) is 0. The van der Waals surface area contributed by atoms with E-state index in [1.807, 2.05) is 18.2 Å². The maximum atomic E-state index is 12.4. The third kappa shape index (κ3) is 2.49. The number of hydrogen-bond acceptors (Lipinski definition) is 2. The van der Waals surface area contributed by atoms with Gasteiger partial charge in [-0.2, -0.15) is 0 Å². The van der Waals surface area contributed by atoms with E-state index in [0.717, 1.165) is 30.6 Å². The van der Waals surface area contributed by atoms with Gasteiger partial charge in [0.2, 0.25) is 0 Å². The molecule has 0 bridgehead atoms. The maximum Gasteiger partial charge on any atom is 0.193 e. The summed E-state index contributed by atoms with van der Waals surface area (Å²) in [5.74, 6) is 0.0240. The minimum absolute atomic E-state index is 0.0240. The van der Waals surface area contributed by atoms with Crippen molar-refractivity contribution in [3.63, 3.8) is 0 Å². The topological polar surface area (TPSA) is 29.1 Å². The van der Waals surface area contributed by atoms with Gasteiger partial charge in [-0.3, -0.25) is 4.79 Å². The second kappa shape index (κ2) is 5.06. The van der Waals surface area contributed by atoms with Crippen molar-refractivity contribution < 1.29 is 4.79 Å². The summed E-state index contributed by atoms with van der Waals surface area (Å²) in [4.78, 5) is 12.4. The largest absolute Gasteiger partial charge is 0.385 e. The van der Waals surface area contributed by atoms with E-state index in [2.05, 4.69) is 5.32 Å². The van der Waals surface area contributed by atoms with Crippen molar-refractivity contribution >= 4 is 23.1 Å². The summed E-state index contributed by atoms with van der Waals surface area (Å²) in [6.45, 7) is 1.01. The van der Waals surface area contributed by atoms with Crippen LogP contribution in [-0.2, 0) is 6.42 Å². The van der Waals surface area contributed by atoms with Gasteiger partial charge in [-0.25, -0.2) is 0 Å². The van der Waals surface area contributed by atoms with Gasteiger partial charge >= 0.3 is 0 Å². The predicted octanol–water partition coefficient (Wildman–Crippen LogP) is 3.93. The van der Waals surface area contributed by atoms with Crippen LogP contribution in [0.15, 0.2) is 42.5 Å². The lowest BCUT2D eigenvalue weighted by atomic mass is 9.96. The fraction of sp³-hybridized carbons (Fsp3) is 0.188. The normalized spacial score (nSPS) is 13.5. The number of nitrogens with one attached hydrogen (secondary N) is 1. The zero-order valence-electron chi connectivity index (χ0n) is 10.4. The van der Waals surface area contributed by atoms with E-state index in [1.54, 1.807) is 24.3 Å². The number of anilines is 1. The molecule has 0 aromatic heterocycles. The van der Waals surface area contributed by atoms with Crippen molar-refractivity contribution in [2.45, 2.75) is 12.8 Å². The number of fused-ring (bicyclic) bond motifs is 1. The van der Waals surface area contributed by atoms with Gasteiger partial charge in [0.1, 0.15) is 0 Å². The Morgan fingerprint density at radius 3 is 2.79 bits per heavy atom. The Morgan fingerprint density at radius 2 is 1.95 bits per heavy atom. The molecular weight excluding hydrogens is 258 g/mol. The summed E-state index contributed by atoms with van der Waals surface area (Å²) < 4.78 is 0. The van der Waals surface area contributed by atoms with Crippen LogP contribution in [0.25, 0.3) is 0 Å². The van der Waals surface area contributed by atoms with Crippen LogP contribution in [0.1, 0.15) is 27.9 Å². The molecule has 0 atom stereocenters. The Hall–Kier alpha value is -1.80. The average Bonchev–Trinajstić information content (AvgIpc) is 2.46. The van der Waals surface area contributed by atoms with Gasteiger partial charge in [-0.1, -0.05) is 23.7 Å². The summed E-state index contributed by atoms with van der Waals surface area (Å²) in [6.07, 6.45) is 2.14. The van der Waals surface area contributed by atoms with E-state index < -0.39 is 0 Å². The van der Waals surface area contributed by atoms with E-state index in [4.69, 9.17) is 11.6 Å². The standard InChI is InChI=1S/C16H14ClNO/c17-14-5-1-3-12(10-14)16(19)13-6-7-15-11(9-13)4-2-8-18-15/h1,3,5-7,9-10,18H,2,4,8H2. The van der Waals surface area contributed by atoms with E-state index in [1.165, 1.54) is 5.56 Å². The van der Waals surface area contributed by atoms with Crippen molar-refractivity contribution in [1.82, 2.24) is 0 Å². The van der Waals surface area contributed by atoms with Crippen molar-refractivity contribution in [2.24, 2.45) is 0 Å². The second-order valence-corrected chi connectivity index (χ2v) is 5.18. The highest BCUT2D eigenvalue weighted by Crippen LogP contribution is 2.24. The summed E-state index contributed by atoms with van der Waals surface area (Å²) >= 11 is 5.93. The first kappa shape index (κ1) is 12.2. The number of ketones is 1. The van der Waals surface area contributed by atoms with Crippen LogP contribution in [0.2, 0.25) is 5.02 Å². The van der Waals surface area contributed by atoms with Crippen LogP contribution >= 0.6 is 11.6 Å². The quantitative estimate of drug-likeness (QED) is 0.839. The molecule has 1 N–H and O–H groups in total. The molecule has 1 aliphatic heterocycles.